The summed E-state index contributed by atoms with van der Waals surface area (Å²) < 4.78 is 32.2. The summed E-state index contributed by atoms with van der Waals surface area (Å²) in [5.74, 6) is -1.94. The molecule has 118 valence electrons. The van der Waals surface area contributed by atoms with Gasteiger partial charge in [0.15, 0.2) is 11.6 Å². The molecule has 8 heteroatoms. The summed E-state index contributed by atoms with van der Waals surface area (Å²) >= 11 is 5.67. The molecule has 0 radical (unpaired) electrons. The van der Waals surface area contributed by atoms with Gasteiger partial charge in [0.05, 0.1) is 24.0 Å². The smallest absolute Gasteiger partial charge is 0.258 e. The Morgan fingerprint density at radius 3 is 2.78 bits per heavy atom. The second-order valence-corrected chi connectivity index (χ2v) is 5.06. The van der Waals surface area contributed by atoms with E-state index in [-0.39, 0.29) is 33.1 Å². The number of fused-ring (bicyclic) bond motifs is 1. The van der Waals surface area contributed by atoms with Gasteiger partial charge in [-0.2, -0.15) is 0 Å². The van der Waals surface area contributed by atoms with Gasteiger partial charge in [-0.1, -0.05) is 11.6 Å². The highest BCUT2D eigenvalue weighted by Crippen LogP contribution is 2.29. The molecule has 3 aromatic rings. The summed E-state index contributed by atoms with van der Waals surface area (Å²) in [5, 5.41) is 2.39. The number of H-pyrrole nitrogens is 1. The minimum atomic E-state index is -0.702. The Bertz CT molecular complexity index is 911. The van der Waals surface area contributed by atoms with E-state index in [1.54, 1.807) is 0 Å². The van der Waals surface area contributed by atoms with E-state index in [0.29, 0.717) is 0 Å². The van der Waals surface area contributed by atoms with Gasteiger partial charge in [-0.05, 0) is 24.3 Å². The SMILES string of the molecule is COc1c(F)cc(C(=O)Nc2ccc(F)c(Cl)c2)c2nc[nH]c12. The fourth-order valence-electron chi connectivity index (χ4n) is 2.20. The number of ether oxygens (including phenoxy) is 1. The van der Waals surface area contributed by atoms with Crippen LogP contribution in [0.3, 0.4) is 0 Å². The second kappa shape index (κ2) is 5.85. The number of nitrogens with zero attached hydrogens (tertiary/aromatic N) is 1. The molecule has 5 nitrogen and oxygen atoms in total. The van der Waals surface area contributed by atoms with Crippen LogP contribution >= 0.6 is 11.6 Å². The molecular formula is C15H10ClF2N3O2. The lowest BCUT2D eigenvalue weighted by molar-refractivity contribution is 0.102. The van der Waals surface area contributed by atoms with Crippen LogP contribution in [0.25, 0.3) is 11.0 Å². The number of anilines is 1. The maximum absolute atomic E-state index is 14.1. The standard InChI is InChI=1S/C15H10ClF2N3O2/c1-23-14-11(18)5-8(12-13(14)20-6-19-12)15(22)21-7-2-3-10(17)9(16)4-7/h2-6H,1H3,(H,19,20)(H,21,22). The molecule has 23 heavy (non-hydrogen) atoms. The number of halogens is 3. The van der Waals surface area contributed by atoms with Gasteiger partial charge in [-0.3, -0.25) is 4.79 Å². The first kappa shape index (κ1) is 15.2. The van der Waals surface area contributed by atoms with Gasteiger partial charge in [-0.25, -0.2) is 13.8 Å². The molecule has 0 spiro atoms. The molecule has 0 saturated carbocycles. The zero-order chi connectivity index (χ0) is 16.6. The molecule has 2 aromatic carbocycles. The first-order chi connectivity index (χ1) is 11.0. The molecule has 0 unspecified atom stereocenters. The zero-order valence-electron chi connectivity index (χ0n) is 11.8. The summed E-state index contributed by atoms with van der Waals surface area (Å²) in [5.41, 5.74) is 0.824. The van der Waals surface area contributed by atoms with E-state index in [1.807, 2.05) is 0 Å². The van der Waals surface area contributed by atoms with Crippen molar-refractivity contribution in [1.82, 2.24) is 9.97 Å². The Hall–Kier alpha value is -2.67. The van der Waals surface area contributed by atoms with Crippen LogP contribution in [0, 0.1) is 11.6 Å². The monoisotopic (exact) mass is 337 g/mol. The molecule has 0 fully saturated rings. The molecule has 0 aliphatic heterocycles. The Morgan fingerprint density at radius 2 is 2.09 bits per heavy atom. The van der Waals surface area contributed by atoms with Gasteiger partial charge < -0.3 is 15.0 Å². The first-order valence-corrected chi connectivity index (χ1v) is 6.85. The van der Waals surface area contributed by atoms with Crippen molar-refractivity contribution in [1.29, 1.82) is 0 Å². The summed E-state index contributed by atoms with van der Waals surface area (Å²) in [4.78, 5) is 19.1. The molecule has 2 N–H and O–H groups in total. The normalized spacial score (nSPS) is 10.8. The number of amides is 1. The predicted octanol–water partition coefficient (Wildman–Crippen LogP) is 3.76. The average molecular weight is 338 g/mol. The topological polar surface area (TPSA) is 67.0 Å². The Kier molecular flexibility index (Phi) is 3.87. The number of carbonyl (C=O) groups excluding carboxylic acids is 1. The van der Waals surface area contributed by atoms with Crippen molar-refractivity contribution in [3.63, 3.8) is 0 Å². The number of hydrogen-bond acceptors (Lipinski definition) is 3. The highest BCUT2D eigenvalue weighted by atomic mass is 35.5. The van der Waals surface area contributed by atoms with Gasteiger partial charge in [0.1, 0.15) is 16.9 Å². The Labute approximate surface area is 134 Å². The van der Waals surface area contributed by atoms with Crippen LogP contribution in [-0.4, -0.2) is 23.0 Å². The highest BCUT2D eigenvalue weighted by molar-refractivity contribution is 6.31. The molecule has 1 aromatic heterocycles. The molecule has 0 bridgehead atoms. The maximum Gasteiger partial charge on any atom is 0.258 e. The number of hydrogen-bond donors (Lipinski definition) is 2. The van der Waals surface area contributed by atoms with Gasteiger partial charge in [0.25, 0.3) is 5.91 Å². The van der Waals surface area contributed by atoms with Gasteiger partial charge >= 0.3 is 0 Å². The largest absolute Gasteiger partial charge is 0.492 e. The summed E-state index contributed by atoms with van der Waals surface area (Å²) in [7, 11) is 1.32. The van der Waals surface area contributed by atoms with Crippen molar-refractivity contribution < 1.29 is 18.3 Å². The molecule has 0 saturated heterocycles. The van der Waals surface area contributed by atoms with Crippen LogP contribution in [0.15, 0.2) is 30.6 Å². The van der Waals surface area contributed by atoms with Crippen molar-refractivity contribution >= 4 is 34.2 Å². The Morgan fingerprint density at radius 1 is 1.30 bits per heavy atom. The number of nitrogens with one attached hydrogen (secondary N) is 2. The average Bonchev–Trinajstić information content (AvgIpc) is 2.99. The molecule has 3 rings (SSSR count). The number of aromatic nitrogens is 2. The molecule has 0 atom stereocenters. The quantitative estimate of drug-likeness (QED) is 0.764. The van der Waals surface area contributed by atoms with Crippen molar-refractivity contribution in [3.8, 4) is 5.75 Å². The number of carbonyl (C=O) groups is 1. The fraction of sp³-hybridized carbons (Fsp3) is 0.0667. The van der Waals surface area contributed by atoms with E-state index in [4.69, 9.17) is 16.3 Å². The molecular weight excluding hydrogens is 328 g/mol. The van der Waals surface area contributed by atoms with Crippen molar-refractivity contribution in [3.05, 3.63) is 52.8 Å². The van der Waals surface area contributed by atoms with E-state index >= 15 is 0 Å². The Balaban J connectivity index is 2.01. The van der Waals surface area contributed by atoms with Crippen LogP contribution in [0.5, 0.6) is 5.75 Å². The molecule has 0 aliphatic carbocycles. The summed E-state index contributed by atoms with van der Waals surface area (Å²) in [6.07, 6.45) is 1.33. The lowest BCUT2D eigenvalue weighted by Crippen LogP contribution is -2.13. The zero-order valence-corrected chi connectivity index (χ0v) is 12.5. The van der Waals surface area contributed by atoms with Crippen LogP contribution in [0.4, 0.5) is 14.5 Å². The number of imidazole rings is 1. The lowest BCUT2D eigenvalue weighted by Gasteiger charge is -2.09. The van der Waals surface area contributed by atoms with Crippen LogP contribution in [0.2, 0.25) is 5.02 Å². The van der Waals surface area contributed by atoms with Gasteiger partial charge in [0, 0.05) is 5.69 Å². The minimum Gasteiger partial charge on any atom is -0.492 e. The van der Waals surface area contributed by atoms with Crippen LogP contribution in [0.1, 0.15) is 10.4 Å². The fourth-order valence-corrected chi connectivity index (χ4v) is 2.38. The number of rotatable bonds is 3. The van der Waals surface area contributed by atoms with Crippen molar-refractivity contribution in [2.24, 2.45) is 0 Å². The van der Waals surface area contributed by atoms with E-state index in [9.17, 15) is 13.6 Å². The third-order valence-electron chi connectivity index (χ3n) is 3.24. The van der Waals surface area contributed by atoms with Gasteiger partial charge in [-0.15, -0.1) is 0 Å². The van der Waals surface area contributed by atoms with Crippen LogP contribution < -0.4 is 10.1 Å². The number of aromatic amines is 1. The third-order valence-corrected chi connectivity index (χ3v) is 3.53. The maximum atomic E-state index is 14.1. The van der Waals surface area contributed by atoms with E-state index in [2.05, 4.69) is 15.3 Å². The van der Waals surface area contributed by atoms with Gasteiger partial charge in [0.2, 0.25) is 0 Å². The highest BCUT2D eigenvalue weighted by Gasteiger charge is 2.20. The molecule has 1 heterocycles. The second-order valence-electron chi connectivity index (χ2n) is 4.65. The van der Waals surface area contributed by atoms with E-state index < -0.39 is 17.5 Å². The summed E-state index contributed by atoms with van der Waals surface area (Å²) in [6.45, 7) is 0. The predicted molar refractivity (Wildman–Crippen MR) is 82.0 cm³/mol. The number of methoxy groups -OCH3 is 1. The van der Waals surface area contributed by atoms with E-state index in [0.717, 1.165) is 12.1 Å². The van der Waals surface area contributed by atoms with Crippen molar-refractivity contribution in [2.75, 3.05) is 12.4 Å². The molecule has 1 amide bonds. The minimum absolute atomic E-state index is 0.0139. The number of benzene rings is 2. The first-order valence-electron chi connectivity index (χ1n) is 6.47. The van der Waals surface area contributed by atoms with Crippen LogP contribution in [-0.2, 0) is 0 Å². The molecule has 0 aliphatic rings. The summed E-state index contributed by atoms with van der Waals surface area (Å²) in [6, 6.07) is 4.76. The van der Waals surface area contributed by atoms with E-state index in [1.165, 1.54) is 25.6 Å². The van der Waals surface area contributed by atoms with Crippen molar-refractivity contribution in [2.45, 2.75) is 0 Å². The third kappa shape index (κ3) is 2.70. The lowest BCUT2D eigenvalue weighted by atomic mass is 10.1.